The molecule has 0 saturated heterocycles. The molecule has 0 aromatic heterocycles. The topological polar surface area (TPSA) is 26.3 Å². The third-order valence-corrected chi connectivity index (χ3v) is 6.94. The van der Waals surface area contributed by atoms with Crippen LogP contribution in [0.3, 0.4) is 0 Å². The Balaban J connectivity index is 1.59. The van der Waals surface area contributed by atoms with E-state index in [1.807, 2.05) is 12.1 Å². The van der Waals surface area contributed by atoms with E-state index in [1.54, 1.807) is 12.1 Å². The van der Waals surface area contributed by atoms with E-state index in [1.165, 1.54) is 49.6 Å². The molecule has 3 rings (SSSR count). The molecule has 0 saturated carbocycles. The van der Waals surface area contributed by atoms with Crippen LogP contribution in [0.1, 0.15) is 99.5 Å². The van der Waals surface area contributed by atoms with Crippen LogP contribution in [0.25, 0.3) is 11.1 Å². The zero-order valence-electron chi connectivity index (χ0n) is 22.6. The van der Waals surface area contributed by atoms with E-state index < -0.39 is 23.4 Å². The average molecular weight is 525 g/mol. The van der Waals surface area contributed by atoms with Gasteiger partial charge in [0.1, 0.15) is 5.82 Å². The first-order chi connectivity index (χ1) is 18.4. The molecular weight excluding hydrogens is 485 g/mol. The van der Waals surface area contributed by atoms with Gasteiger partial charge in [0.05, 0.1) is 5.56 Å². The predicted molar refractivity (Wildman–Crippen MR) is 148 cm³/mol. The van der Waals surface area contributed by atoms with E-state index in [0.29, 0.717) is 17.5 Å². The normalized spacial score (nSPS) is 11.1. The first kappa shape index (κ1) is 29.5. The highest BCUT2D eigenvalue weighted by Crippen LogP contribution is 2.27. The number of ether oxygens (including phenoxy) is 1. The molecule has 0 aliphatic carbocycles. The van der Waals surface area contributed by atoms with Gasteiger partial charge in [-0.05, 0) is 72.2 Å². The number of benzene rings is 3. The fourth-order valence-corrected chi connectivity index (χ4v) is 4.57. The number of halogens is 3. The summed E-state index contributed by atoms with van der Waals surface area (Å²) in [5.74, 6) is -3.57. The summed E-state index contributed by atoms with van der Waals surface area (Å²) in [6, 6.07) is 14.4. The van der Waals surface area contributed by atoms with Gasteiger partial charge in [0.15, 0.2) is 11.6 Å². The summed E-state index contributed by atoms with van der Waals surface area (Å²) < 4.78 is 48.9. The Morgan fingerprint density at radius 3 is 1.79 bits per heavy atom. The second kappa shape index (κ2) is 15.4. The molecule has 0 bridgehead atoms. The molecule has 5 heteroatoms. The van der Waals surface area contributed by atoms with Crippen molar-refractivity contribution >= 4 is 5.97 Å². The summed E-state index contributed by atoms with van der Waals surface area (Å²) in [6.45, 7) is 4.30. The lowest BCUT2D eigenvalue weighted by molar-refractivity contribution is 0.0726. The van der Waals surface area contributed by atoms with Crippen LogP contribution in [0.5, 0.6) is 5.75 Å². The molecule has 0 amide bonds. The predicted octanol–water partition coefficient (Wildman–Crippen LogP) is 10.0. The maximum atomic E-state index is 14.6. The molecule has 0 N–H and O–H groups in total. The van der Waals surface area contributed by atoms with Gasteiger partial charge in [0.25, 0.3) is 0 Å². The van der Waals surface area contributed by atoms with Crippen LogP contribution < -0.4 is 4.74 Å². The van der Waals surface area contributed by atoms with Crippen molar-refractivity contribution in [2.45, 2.75) is 90.9 Å². The van der Waals surface area contributed by atoms with E-state index in [2.05, 4.69) is 13.8 Å². The lowest BCUT2D eigenvalue weighted by atomic mass is 9.99. The van der Waals surface area contributed by atoms with Gasteiger partial charge in [0.2, 0.25) is 5.82 Å². The van der Waals surface area contributed by atoms with Crippen molar-refractivity contribution in [1.29, 1.82) is 0 Å². The molecular formula is C33H39F3O2. The van der Waals surface area contributed by atoms with Crippen LogP contribution in [0.2, 0.25) is 0 Å². The Labute approximate surface area is 225 Å². The highest BCUT2D eigenvalue weighted by Gasteiger charge is 2.18. The Morgan fingerprint density at radius 2 is 1.18 bits per heavy atom. The highest BCUT2D eigenvalue weighted by atomic mass is 19.2. The molecule has 2 nitrogen and oxygen atoms in total. The largest absolute Gasteiger partial charge is 0.420 e. The number of carbonyl (C=O) groups excluding carboxylic acids is 1. The van der Waals surface area contributed by atoms with Gasteiger partial charge in [-0.25, -0.2) is 13.6 Å². The third kappa shape index (κ3) is 8.47. The van der Waals surface area contributed by atoms with Gasteiger partial charge in [0, 0.05) is 0 Å². The van der Waals surface area contributed by atoms with Gasteiger partial charge in [-0.2, -0.15) is 4.39 Å². The summed E-state index contributed by atoms with van der Waals surface area (Å²) in [4.78, 5) is 12.6. The smallest absolute Gasteiger partial charge is 0.343 e. The summed E-state index contributed by atoms with van der Waals surface area (Å²) in [5, 5.41) is 0. The van der Waals surface area contributed by atoms with Crippen LogP contribution in [-0.4, -0.2) is 5.97 Å². The third-order valence-electron chi connectivity index (χ3n) is 6.94. The standard InChI is InChI=1S/C33H39F3O2/c1-3-5-7-9-11-13-25-17-20-28(23-29(25)34)24-15-18-27(19-16-24)33(37)38-30-22-21-26(31(35)32(30)36)14-12-10-8-6-4-2/h15-23H,3-14H2,1-2H3. The van der Waals surface area contributed by atoms with Crippen LogP contribution in [0.15, 0.2) is 54.6 Å². The number of aryl methyl sites for hydroxylation is 2. The minimum absolute atomic E-state index is 0.192. The van der Waals surface area contributed by atoms with Gasteiger partial charge in [-0.3, -0.25) is 0 Å². The van der Waals surface area contributed by atoms with E-state index in [0.717, 1.165) is 56.9 Å². The number of unbranched alkanes of at least 4 members (excludes halogenated alkanes) is 8. The van der Waals surface area contributed by atoms with Crippen molar-refractivity contribution in [2.24, 2.45) is 0 Å². The van der Waals surface area contributed by atoms with E-state index in [9.17, 15) is 18.0 Å². The van der Waals surface area contributed by atoms with Gasteiger partial charge < -0.3 is 4.74 Å². The van der Waals surface area contributed by atoms with Crippen molar-refractivity contribution in [2.75, 3.05) is 0 Å². The maximum Gasteiger partial charge on any atom is 0.343 e. The molecule has 0 spiro atoms. The minimum atomic E-state index is -1.15. The number of carbonyl (C=O) groups is 1. The maximum absolute atomic E-state index is 14.6. The molecule has 0 radical (unpaired) electrons. The summed E-state index contributed by atoms with van der Waals surface area (Å²) >= 11 is 0. The second-order valence-corrected chi connectivity index (χ2v) is 9.95. The van der Waals surface area contributed by atoms with Crippen molar-refractivity contribution in [3.05, 3.63) is 88.7 Å². The first-order valence-corrected chi connectivity index (χ1v) is 14.0. The molecule has 0 aliphatic rings. The molecule has 38 heavy (non-hydrogen) atoms. The summed E-state index contributed by atoms with van der Waals surface area (Å²) in [6.07, 6.45) is 11.9. The average Bonchev–Trinajstić information content (AvgIpc) is 2.93. The molecule has 0 fully saturated rings. The SMILES string of the molecule is CCCCCCCc1ccc(-c2ccc(C(=O)Oc3ccc(CCCCCCC)c(F)c3F)cc2)cc1F. The molecule has 0 unspecified atom stereocenters. The van der Waals surface area contributed by atoms with Gasteiger partial charge in [-0.1, -0.05) is 95.5 Å². The lowest BCUT2D eigenvalue weighted by Gasteiger charge is -2.10. The minimum Gasteiger partial charge on any atom is -0.420 e. The van der Waals surface area contributed by atoms with E-state index >= 15 is 0 Å². The van der Waals surface area contributed by atoms with Crippen molar-refractivity contribution < 1.29 is 22.7 Å². The molecule has 3 aromatic carbocycles. The number of hydrogen-bond donors (Lipinski definition) is 0. The Morgan fingerprint density at radius 1 is 0.632 bits per heavy atom. The summed E-state index contributed by atoms with van der Waals surface area (Å²) in [7, 11) is 0. The van der Waals surface area contributed by atoms with Crippen LogP contribution in [0.4, 0.5) is 13.2 Å². The van der Waals surface area contributed by atoms with Gasteiger partial charge >= 0.3 is 5.97 Å². The second-order valence-electron chi connectivity index (χ2n) is 9.95. The molecule has 0 atom stereocenters. The summed E-state index contributed by atoms with van der Waals surface area (Å²) in [5.41, 5.74) is 2.64. The molecule has 3 aromatic rings. The fraction of sp³-hybridized carbons (Fsp3) is 0.424. The number of rotatable bonds is 15. The number of hydrogen-bond acceptors (Lipinski definition) is 2. The Bertz CT molecular complexity index is 1170. The number of esters is 1. The zero-order valence-corrected chi connectivity index (χ0v) is 22.6. The first-order valence-electron chi connectivity index (χ1n) is 14.0. The van der Waals surface area contributed by atoms with E-state index in [4.69, 9.17) is 4.74 Å². The van der Waals surface area contributed by atoms with Crippen LogP contribution >= 0.6 is 0 Å². The molecule has 0 aliphatic heterocycles. The van der Waals surface area contributed by atoms with Crippen molar-refractivity contribution in [1.82, 2.24) is 0 Å². The van der Waals surface area contributed by atoms with Gasteiger partial charge in [-0.15, -0.1) is 0 Å². The Hall–Kier alpha value is -3.08. The van der Waals surface area contributed by atoms with Crippen LogP contribution in [0, 0.1) is 17.5 Å². The van der Waals surface area contributed by atoms with Crippen molar-refractivity contribution in [3.8, 4) is 16.9 Å². The molecule has 0 heterocycles. The molecule has 204 valence electrons. The zero-order chi connectivity index (χ0) is 27.3. The highest BCUT2D eigenvalue weighted by molar-refractivity contribution is 5.91. The monoisotopic (exact) mass is 524 g/mol. The quantitative estimate of drug-likeness (QED) is 0.112. The van der Waals surface area contributed by atoms with Crippen LogP contribution in [-0.2, 0) is 12.8 Å². The fourth-order valence-electron chi connectivity index (χ4n) is 4.57. The lowest BCUT2D eigenvalue weighted by Crippen LogP contribution is -2.10. The Kier molecular flexibility index (Phi) is 11.9. The van der Waals surface area contributed by atoms with Crippen molar-refractivity contribution in [3.63, 3.8) is 0 Å². The van der Waals surface area contributed by atoms with E-state index in [-0.39, 0.29) is 16.9 Å².